The van der Waals surface area contributed by atoms with E-state index in [-0.39, 0.29) is 0 Å². The maximum Gasteiger partial charge on any atom is 0.0445 e. The summed E-state index contributed by atoms with van der Waals surface area (Å²) in [5, 5.41) is 11.5. The van der Waals surface area contributed by atoms with Crippen LogP contribution in [-0.2, 0) is 0 Å². The highest BCUT2D eigenvalue weighted by Gasteiger charge is 2.07. The molecule has 0 aliphatic carbocycles. The van der Waals surface area contributed by atoms with Gasteiger partial charge in [-0.3, -0.25) is 0 Å². The van der Waals surface area contributed by atoms with Crippen LogP contribution in [0.2, 0.25) is 0 Å². The SMILES string of the molecule is CCN(CCCCCCO)c1cccc2ccccc12. The number of nitrogens with zero attached hydrogens (tertiary/aromatic N) is 1. The lowest BCUT2D eigenvalue weighted by Crippen LogP contribution is -2.24. The van der Waals surface area contributed by atoms with E-state index in [9.17, 15) is 0 Å². The normalized spacial score (nSPS) is 10.9. The van der Waals surface area contributed by atoms with Crippen LogP contribution >= 0.6 is 0 Å². The largest absolute Gasteiger partial charge is 0.396 e. The van der Waals surface area contributed by atoms with Gasteiger partial charge in [0, 0.05) is 30.8 Å². The zero-order chi connectivity index (χ0) is 14.2. The molecular formula is C18H25NO. The molecule has 0 fully saturated rings. The van der Waals surface area contributed by atoms with Crippen LogP contribution in [0, 0.1) is 0 Å². The molecular weight excluding hydrogens is 246 g/mol. The number of aliphatic hydroxyl groups is 1. The molecule has 0 bridgehead atoms. The van der Waals surface area contributed by atoms with E-state index in [2.05, 4.69) is 54.3 Å². The number of fused-ring (bicyclic) bond motifs is 1. The van der Waals surface area contributed by atoms with Gasteiger partial charge in [0.1, 0.15) is 0 Å². The molecule has 0 heterocycles. The number of anilines is 1. The molecule has 0 aromatic heterocycles. The smallest absolute Gasteiger partial charge is 0.0445 e. The van der Waals surface area contributed by atoms with Gasteiger partial charge in [-0.05, 0) is 31.2 Å². The van der Waals surface area contributed by atoms with Crippen LogP contribution in [0.25, 0.3) is 10.8 Å². The van der Waals surface area contributed by atoms with Gasteiger partial charge in [-0.2, -0.15) is 0 Å². The first-order valence-electron chi connectivity index (χ1n) is 7.70. The number of benzene rings is 2. The molecule has 2 heteroatoms. The first kappa shape index (κ1) is 14.9. The summed E-state index contributed by atoms with van der Waals surface area (Å²) in [6, 6.07) is 15.1. The fraction of sp³-hybridized carbons (Fsp3) is 0.444. The van der Waals surface area contributed by atoms with Crippen molar-refractivity contribution in [1.82, 2.24) is 0 Å². The Bertz CT molecular complexity index is 518. The molecule has 0 aliphatic rings. The molecule has 2 aromatic carbocycles. The number of hydrogen-bond donors (Lipinski definition) is 1. The molecule has 0 saturated heterocycles. The lowest BCUT2D eigenvalue weighted by atomic mass is 10.1. The molecule has 0 saturated carbocycles. The maximum absolute atomic E-state index is 8.81. The second-order valence-electron chi connectivity index (χ2n) is 5.22. The Morgan fingerprint density at radius 2 is 1.65 bits per heavy atom. The minimum Gasteiger partial charge on any atom is -0.396 e. The molecule has 0 atom stereocenters. The van der Waals surface area contributed by atoms with Crippen LogP contribution in [-0.4, -0.2) is 24.8 Å². The van der Waals surface area contributed by atoms with Crippen LogP contribution < -0.4 is 4.90 Å². The van der Waals surface area contributed by atoms with Crippen molar-refractivity contribution >= 4 is 16.5 Å². The second kappa shape index (κ2) is 7.91. The van der Waals surface area contributed by atoms with Crippen LogP contribution in [0.4, 0.5) is 5.69 Å². The van der Waals surface area contributed by atoms with E-state index in [1.54, 1.807) is 0 Å². The zero-order valence-corrected chi connectivity index (χ0v) is 12.4. The first-order chi connectivity index (χ1) is 9.86. The molecule has 1 N–H and O–H groups in total. The van der Waals surface area contributed by atoms with Crippen LogP contribution in [0.1, 0.15) is 32.6 Å². The Morgan fingerprint density at radius 3 is 2.45 bits per heavy atom. The lowest BCUT2D eigenvalue weighted by molar-refractivity contribution is 0.282. The standard InChI is InChI=1S/C18H25NO/c1-2-19(14-7-3-4-8-15-20)18-13-9-11-16-10-5-6-12-17(16)18/h5-6,9-13,20H,2-4,7-8,14-15H2,1H3. The maximum atomic E-state index is 8.81. The Balaban J connectivity index is 2.05. The zero-order valence-electron chi connectivity index (χ0n) is 12.4. The van der Waals surface area contributed by atoms with Gasteiger partial charge in [0.15, 0.2) is 0 Å². The van der Waals surface area contributed by atoms with Crippen molar-refractivity contribution in [2.45, 2.75) is 32.6 Å². The monoisotopic (exact) mass is 271 g/mol. The molecule has 20 heavy (non-hydrogen) atoms. The highest BCUT2D eigenvalue weighted by Crippen LogP contribution is 2.26. The van der Waals surface area contributed by atoms with Crippen molar-refractivity contribution < 1.29 is 5.11 Å². The summed E-state index contributed by atoms with van der Waals surface area (Å²) >= 11 is 0. The predicted octanol–water partition coefficient (Wildman–Crippen LogP) is 4.22. The van der Waals surface area contributed by atoms with Crippen molar-refractivity contribution in [2.24, 2.45) is 0 Å². The third kappa shape index (κ3) is 3.73. The molecule has 2 nitrogen and oxygen atoms in total. The molecule has 0 unspecified atom stereocenters. The molecule has 0 spiro atoms. The van der Waals surface area contributed by atoms with Gasteiger partial charge < -0.3 is 10.0 Å². The third-order valence-corrected chi connectivity index (χ3v) is 3.83. The fourth-order valence-electron chi connectivity index (χ4n) is 2.70. The Hall–Kier alpha value is -1.54. The summed E-state index contributed by atoms with van der Waals surface area (Å²) in [5.74, 6) is 0. The van der Waals surface area contributed by atoms with E-state index < -0.39 is 0 Å². The van der Waals surface area contributed by atoms with Crippen molar-refractivity contribution in [2.75, 3.05) is 24.6 Å². The predicted molar refractivity (Wildman–Crippen MR) is 87.4 cm³/mol. The van der Waals surface area contributed by atoms with Gasteiger partial charge in [-0.25, -0.2) is 0 Å². The summed E-state index contributed by atoms with van der Waals surface area (Å²) in [5.41, 5.74) is 1.34. The van der Waals surface area contributed by atoms with E-state index in [0.717, 1.165) is 25.9 Å². The fourth-order valence-corrected chi connectivity index (χ4v) is 2.70. The molecule has 0 amide bonds. The Labute approximate surface area is 122 Å². The lowest BCUT2D eigenvalue weighted by Gasteiger charge is -2.24. The topological polar surface area (TPSA) is 23.5 Å². The minimum absolute atomic E-state index is 0.320. The van der Waals surface area contributed by atoms with E-state index in [1.807, 2.05) is 0 Å². The van der Waals surface area contributed by atoms with E-state index in [1.165, 1.54) is 29.3 Å². The average Bonchev–Trinajstić information content (AvgIpc) is 2.51. The second-order valence-corrected chi connectivity index (χ2v) is 5.22. The Kier molecular flexibility index (Phi) is 5.87. The summed E-state index contributed by atoms with van der Waals surface area (Å²) in [4.78, 5) is 2.46. The number of rotatable bonds is 8. The molecule has 108 valence electrons. The highest BCUT2D eigenvalue weighted by molar-refractivity contribution is 5.94. The average molecular weight is 271 g/mol. The van der Waals surface area contributed by atoms with Crippen LogP contribution in [0.15, 0.2) is 42.5 Å². The third-order valence-electron chi connectivity index (χ3n) is 3.83. The Morgan fingerprint density at radius 1 is 0.900 bits per heavy atom. The number of aliphatic hydroxyl groups excluding tert-OH is 1. The van der Waals surface area contributed by atoms with Gasteiger partial charge in [0.2, 0.25) is 0 Å². The highest BCUT2D eigenvalue weighted by atomic mass is 16.2. The number of unbranched alkanes of at least 4 members (excludes halogenated alkanes) is 3. The van der Waals surface area contributed by atoms with Crippen LogP contribution in [0.5, 0.6) is 0 Å². The first-order valence-corrected chi connectivity index (χ1v) is 7.70. The molecule has 2 aromatic rings. The summed E-state index contributed by atoms with van der Waals surface area (Å²) in [6.07, 6.45) is 4.45. The quantitative estimate of drug-likeness (QED) is 0.727. The van der Waals surface area contributed by atoms with Crippen molar-refractivity contribution in [3.63, 3.8) is 0 Å². The van der Waals surface area contributed by atoms with Gasteiger partial charge in [-0.1, -0.05) is 49.2 Å². The van der Waals surface area contributed by atoms with E-state index >= 15 is 0 Å². The van der Waals surface area contributed by atoms with E-state index in [4.69, 9.17) is 5.11 Å². The molecule has 0 radical (unpaired) electrons. The van der Waals surface area contributed by atoms with Gasteiger partial charge in [0.05, 0.1) is 0 Å². The summed E-state index contributed by atoms with van der Waals surface area (Å²) in [7, 11) is 0. The van der Waals surface area contributed by atoms with Gasteiger partial charge in [-0.15, -0.1) is 0 Å². The molecule has 0 aliphatic heterocycles. The van der Waals surface area contributed by atoms with Crippen molar-refractivity contribution in [3.8, 4) is 0 Å². The molecule has 2 rings (SSSR count). The summed E-state index contributed by atoms with van der Waals surface area (Å²) in [6.45, 7) is 4.67. The van der Waals surface area contributed by atoms with Gasteiger partial charge in [0.25, 0.3) is 0 Å². The van der Waals surface area contributed by atoms with E-state index in [0.29, 0.717) is 6.61 Å². The van der Waals surface area contributed by atoms with Crippen molar-refractivity contribution in [3.05, 3.63) is 42.5 Å². The van der Waals surface area contributed by atoms with Gasteiger partial charge >= 0.3 is 0 Å². The minimum atomic E-state index is 0.320. The number of hydrogen-bond acceptors (Lipinski definition) is 2. The van der Waals surface area contributed by atoms with Crippen LogP contribution in [0.3, 0.4) is 0 Å². The van der Waals surface area contributed by atoms with Crippen molar-refractivity contribution in [1.29, 1.82) is 0 Å². The summed E-state index contributed by atoms with van der Waals surface area (Å²) < 4.78 is 0.